The molecule has 0 bridgehead atoms. The number of hydrogen-bond donors (Lipinski definition) is 2. The zero-order valence-electron chi connectivity index (χ0n) is 15.5. The number of thioether (sulfide) groups is 1. The van der Waals surface area contributed by atoms with E-state index in [1.807, 2.05) is 0 Å². The molecule has 1 aliphatic rings. The lowest BCUT2D eigenvalue weighted by Crippen LogP contribution is -2.21. The van der Waals surface area contributed by atoms with E-state index in [0.29, 0.717) is 22.4 Å². The Morgan fingerprint density at radius 3 is 2.93 bits per heavy atom. The summed E-state index contributed by atoms with van der Waals surface area (Å²) in [5.74, 6) is 0.0668. The van der Waals surface area contributed by atoms with Crippen molar-refractivity contribution >= 4 is 51.4 Å². The van der Waals surface area contributed by atoms with Crippen molar-refractivity contribution in [1.29, 1.82) is 0 Å². The zero-order valence-corrected chi connectivity index (χ0v) is 17.9. The zero-order chi connectivity index (χ0) is 20.1. The van der Waals surface area contributed by atoms with Crippen LogP contribution in [0.5, 0.6) is 0 Å². The Hall–Kier alpha value is -2.17. The second-order valence-corrected chi connectivity index (χ2v) is 9.33. The van der Waals surface area contributed by atoms with E-state index in [4.69, 9.17) is 11.6 Å². The minimum absolute atomic E-state index is 0.157. The van der Waals surface area contributed by atoms with Gasteiger partial charge in [0.1, 0.15) is 12.7 Å². The van der Waals surface area contributed by atoms with Crippen molar-refractivity contribution in [1.82, 2.24) is 25.0 Å². The lowest BCUT2D eigenvalue weighted by Gasteiger charge is -2.21. The molecule has 152 valence electrons. The van der Waals surface area contributed by atoms with Gasteiger partial charge >= 0.3 is 0 Å². The Labute approximate surface area is 181 Å². The summed E-state index contributed by atoms with van der Waals surface area (Å²) in [6, 6.07) is 5.70. The first-order chi connectivity index (χ1) is 14.2. The fourth-order valence-corrected chi connectivity index (χ4v) is 5.00. The SMILES string of the molecule is O=C(CSc1nnc(NC2CCCCC2)s1)Nc1cc(Cl)ccc1-n1cncn1. The van der Waals surface area contributed by atoms with Crippen LogP contribution in [0.15, 0.2) is 35.2 Å². The van der Waals surface area contributed by atoms with Gasteiger partial charge in [0, 0.05) is 11.1 Å². The maximum atomic E-state index is 12.5. The second kappa shape index (κ2) is 9.55. The maximum Gasteiger partial charge on any atom is 0.234 e. The third-order valence-corrected chi connectivity index (χ3v) is 6.79. The van der Waals surface area contributed by atoms with E-state index in [0.717, 1.165) is 9.47 Å². The summed E-state index contributed by atoms with van der Waals surface area (Å²) < 4.78 is 2.34. The van der Waals surface area contributed by atoms with Crippen molar-refractivity contribution in [3.05, 3.63) is 35.9 Å². The highest BCUT2D eigenvalue weighted by Gasteiger charge is 2.16. The minimum Gasteiger partial charge on any atom is -0.357 e. The molecule has 1 fully saturated rings. The molecule has 0 aliphatic heterocycles. The minimum atomic E-state index is -0.157. The Balaban J connectivity index is 1.33. The number of benzene rings is 1. The molecule has 0 saturated heterocycles. The fraction of sp³-hybridized carbons (Fsp3) is 0.389. The van der Waals surface area contributed by atoms with Gasteiger partial charge in [-0.05, 0) is 31.0 Å². The highest BCUT2D eigenvalue weighted by atomic mass is 35.5. The first-order valence-electron chi connectivity index (χ1n) is 9.34. The number of amides is 1. The average molecular weight is 450 g/mol. The molecular formula is C18H20ClN7OS2. The summed E-state index contributed by atoms with van der Waals surface area (Å²) in [7, 11) is 0. The molecule has 4 rings (SSSR count). The molecule has 0 spiro atoms. The summed E-state index contributed by atoms with van der Waals surface area (Å²) in [5, 5.41) is 20.2. The lowest BCUT2D eigenvalue weighted by atomic mass is 9.96. The van der Waals surface area contributed by atoms with Gasteiger partial charge in [-0.1, -0.05) is 54.0 Å². The maximum absolute atomic E-state index is 12.5. The van der Waals surface area contributed by atoms with Gasteiger partial charge in [0.2, 0.25) is 11.0 Å². The van der Waals surface area contributed by atoms with E-state index in [-0.39, 0.29) is 11.7 Å². The van der Waals surface area contributed by atoms with Crippen LogP contribution >= 0.6 is 34.7 Å². The smallest absolute Gasteiger partial charge is 0.234 e. The highest BCUT2D eigenvalue weighted by molar-refractivity contribution is 8.01. The van der Waals surface area contributed by atoms with Crippen molar-refractivity contribution < 1.29 is 4.79 Å². The van der Waals surface area contributed by atoms with E-state index in [1.165, 1.54) is 61.5 Å². The van der Waals surface area contributed by atoms with Crippen LogP contribution in [-0.4, -0.2) is 42.7 Å². The van der Waals surface area contributed by atoms with Gasteiger partial charge in [0.05, 0.1) is 17.1 Å². The Morgan fingerprint density at radius 2 is 2.14 bits per heavy atom. The van der Waals surface area contributed by atoms with Crippen LogP contribution in [0.3, 0.4) is 0 Å². The van der Waals surface area contributed by atoms with E-state index in [1.54, 1.807) is 29.2 Å². The lowest BCUT2D eigenvalue weighted by molar-refractivity contribution is -0.113. The third kappa shape index (κ3) is 5.46. The van der Waals surface area contributed by atoms with E-state index < -0.39 is 0 Å². The van der Waals surface area contributed by atoms with Crippen LogP contribution in [0.2, 0.25) is 5.02 Å². The van der Waals surface area contributed by atoms with Gasteiger partial charge in [-0.25, -0.2) is 9.67 Å². The monoisotopic (exact) mass is 449 g/mol. The fourth-order valence-electron chi connectivity index (χ4n) is 3.20. The molecule has 29 heavy (non-hydrogen) atoms. The summed E-state index contributed by atoms with van der Waals surface area (Å²) in [5.41, 5.74) is 1.27. The molecule has 0 radical (unpaired) electrons. The van der Waals surface area contributed by atoms with Crippen LogP contribution < -0.4 is 10.6 Å². The van der Waals surface area contributed by atoms with Gasteiger partial charge in [-0.15, -0.1) is 10.2 Å². The van der Waals surface area contributed by atoms with E-state index in [2.05, 4.69) is 30.9 Å². The first-order valence-corrected chi connectivity index (χ1v) is 11.5. The number of aromatic nitrogens is 5. The third-order valence-electron chi connectivity index (χ3n) is 4.56. The van der Waals surface area contributed by atoms with E-state index in [9.17, 15) is 4.79 Å². The summed E-state index contributed by atoms with van der Waals surface area (Å²) >= 11 is 8.94. The molecule has 1 saturated carbocycles. The molecule has 2 aromatic heterocycles. The summed E-state index contributed by atoms with van der Waals surface area (Å²) in [6.45, 7) is 0. The van der Waals surface area contributed by atoms with Gasteiger partial charge < -0.3 is 10.6 Å². The molecule has 0 atom stereocenters. The summed E-state index contributed by atoms with van der Waals surface area (Å²) in [6.07, 6.45) is 9.20. The molecule has 0 unspecified atom stereocenters. The van der Waals surface area contributed by atoms with Crippen LogP contribution in [0, 0.1) is 0 Å². The Morgan fingerprint density at radius 1 is 1.28 bits per heavy atom. The molecule has 1 aromatic carbocycles. The quantitative estimate of drug-likeness (QED) is 0.520. The number of anilines is 2. The molecule has 11 heteroatoms. The largest absolute Gasteiger partial charge is 0.357 e. The van der Waals surface area contributed by atoms with Crippen molar-refractivity contribution in [3.8, 4) is 5.69 Å². The number of nitrogens with one attached hydrogen (secondary N) is 2. The molecule has 8 nitrogen and oxygen atoms in total. The molecule has 2 heterocycles. The molecule has 1 aliphatic carbocycles. The molecule has 2 N–H and O–H groups in total. The van der Waals surface area contributed by atoms with Crippen LogP contribution in [0.1, 0.15) is 32.1 Å². The van der Waals surface area contributed by atoms with Crippen LogP contribution in [-0.2, 0) is 4.79 Å². The predicted octanol–water partition coefficient (Wildman–Crippen LogP) is 4.25. The first kappa shape index (κ1) is 20.1. The second-order valence-electron chi connectivity index (χ2n) is 6.69. The topological polar surface area (TPSA) is 97.6 Å². The number of carbonyl (C=O) groups excluding carboxylic acids is 1. The molecule has 3 aromatic rings. The van der Waals surface area contributed by atoms with Crippen molar-refractivity contribution in [2.45, 2.75) is 42.5 Å². The number of carbonyl (C=O) groups is 1. The highest BCUT2D eigenvalue weighted by Crippen LogP contribution is 2.29. The van der Waals surface area contributed by atoms with Gasteiger partial charge in [0.15, 0.2) is 4.34 Å². The van der Waals surface area contributed by atoms with Crippen LogP contribution in [0.25, 0.3) is 5.69 Å². The van der Waals surface area contributed by atoms with Crippen molar-refractivity contribution in [3.63, 3.8) is 0 Å². The Bertz CT molecular complexity index is 957. The van der Waals surface area contributed by atoms with E-state index >= 15 is 0 Å². The number of halogens is 1. The Kier molecular flexibility index (Phi) is 6.63. The van der Waals surface area contributed by atoms with Gasteiger partial charge in [-0.3, -0.25) is 4.79 Å². The average Bonchev–Trinajstić information content (AvgIpc) is 3.40. The van der Waals surface area contributed by atoms with Gasteiger partial charge in [-0.2, -0.15) is 5.10 Å². The number of nitrogens with zero attached hydrogens (tertiary/aromatic N) is 5. The number of rotatable bonds is 7. The van der Waals surface area contributed by atoms with Crippen LogP contribution in [0.4, 0.5) is 10.8 Å². The summed E-state index contributed by atoms with van der Waals surface area (Å²) in [4.78, 5) is 16.4. The standard InChI is InChI=1S/C18H20ClN7OS2/c19-12-6-7-15(26-11-20-10-21-26)14(8-12)23-16(27)9-28-18-25-24-17(29-18)22-13-4-2-1-3-5-13/h6-8,10-11,13H,1-5,9H2,(H,22,24)(H,23,27). The van der Waals surface area contributed by atoms with Crippen molar-refractivity contribution in [2.75, 3.05) is 16.4 Å². The molecular weight excluding hydrogens is 430 g/mol. The molecule has 1 amide bonds. The van der Waals surface area contributed by atoms with Gasteiger partial charge in [0.25, 0.3) is 0 Å². The predicted molar refractivity (Wildman–Crippen MR) is 116 cm³/mol. The number of hydrogen-bond acceptors (Lipinski definition) is 8. The van der Waals surface area contributed by atoms with Crippen molar-refractivity contribution in [2.24, 2.45) is 0 Å². The normalized spacial score (nSPS) is 14.7.